The van der Waals surface area contributed by atoms with Gasteiger partial charge in [-0.05, 0) is 51.4 Å². The molecule has 0 rings (SSSR count). The lowest BCUT2D eigenvalue weighted by atomic mass is 10.1. The molecule has 270 valence electrons. The predicted molar refractivity (Wildman–Crippen MR) is 192 cm³/mol. The largest absolute Gasteiger partial charge is 0.477 e. The van der Waals surface area contributed by atoms with Crippen molar-refractivity contribution in [1.29, 1.82) is 0 Å². The molecular weight excluding hydrogens is 594 g/mol. The summed E-state index contributed by atoms with van der Waals surface area (Å²) in [6.07, 6.45) is 33.0. The molecule has 0 radical (unpaired) electrons. The van der Waals surface area contributed by atoms with Crippen molar-refractivity contribution in [3.8, 4) is 0 Å². The Kier molecular flexibility index (Phi) is 28.8. The number of esters is 2. The van der Waals surface area contributed by atoms with Crippen LogP contribution in [-0.4, -0.2) is 80.6 Å². The summed E-state index contributed by atoms with van der Waals surface area (Å²) in [5, 5.41) is 9.56. The van der Waals surface area contributed by atoms with E-state index in [4.69, 9.17) is 14.2 Å². The molecule has 0 aliphatic rings. The molecule has 0 saturated carbocycles. The number of carbonyl (C=O) groups excluding carboxylic acids is 2. The highest BCUT2D eigenvalue weighted by Crippen LogP contribution is 2.12. The Morgan fingerprint density at radius 2 is 1.21 bits per heavy atom. The highest BCUT2D eigenvalue weighted by atomic mass is 16.6. The molecule has 0 aliphatic carbocycles. The van der Waals surface area contributed by atoms with Crippen LogP contribution in [0.4, 0.5) is 0 Å². The molecule has 2 unspecified atom stereocenters. The number of ether oxygens (including phenoxy) is 3. The van der Waals surface area contributed by atoms with Crippen LogP contribution >= 0.6 is 0 Å². The van der Waals surface area contributed by atoms with Crippen LogP contribution in [0.25, 0.3) is 0 Å². The number of aliphatic carboxylic acids is 1. The van der Waals surface area contributed by atoms with Crippen LogP contribution in [0.5, 0.6) is 0 Å². The second-order valence-corrected chi connectivity index (χ2v) is 13.2. The maximum atomic E-state index is 12.6. The Labute approximate surface area is 286 Å². The molecule has 1 N–H and O–H groups in total. The molecule has 8 nitrogen and oxygen atoms in total. The van der Waals surface area contributed by atoms with Crippen molar-refractivity contribution in [3.63, 3.8) is 0 Å². The number of carboxylic acids is 1. The molecule has 8 heteroatoms. The lowest BCUT2D eigenvalue weighted by Crippen LogP contribution is -2.50. The van der Waals surface area contributed by atoms with E-state index in [9.17, 15) is 19.5 Å². The summed E-state index contributed by atoms with van der Waals surface area (Å²) in [6.45, 7) is 4.49. The molecule has 0 fully saturated rings. The standard InChI is InChI=1S/C39H67NO7/c1-6-8-10-12-14-16-18-19-20-22-23-25-27-29-37(41)46-34-35(33-45-32-31-36(39(43)44)40(3,4)5)47-38(42)30-28-26-24-21-17-15-13-11-9-7-2/h8,10,12-16,18,35-36H,6-7,9,11,17,19-34H2,1-5H3/p+1/b10-8+,14-12+,15-13+,18-16+. The first-order valence-corrected chi connectivity index (χ1v) is 18.2. The fraction of sp³-hybridized carbons (Fsp3) is 0.718. The lowest BCUT2D eigenvalue weighted by molar-refractivity contribution is -0.887. The number of allylic oxidation sites excluding steroid dienone is 8. The minimum absolute atomic E-state index is 0.0482. The van der Waals surface area contributed by atoms with Crippen molar-refractivity contribution < 1.29 is 38.2 Å². The van der Waals surface area contributed by atoms with Crippen molar-refractivity contribution in [2.45, 2.75) is 142 Å². The third-order valence-corrected chi connectivity index (χ3v) is 7.77. The molecule has 0 aromatic carbocycles. The van der Waals surface area contributed by atoms with E-state index in [1.165, 1.54) is 12.8 Å². The monoisotopic (exact) mass is 662 g/mol. The van der Waals surface area contributed by atoms with E-state index in [0.717, 1.165) is 83.5 Å². The summed E-state index contributed by atoms with van der Waals surface area (Å²) in [4.78, 5) is 36.7. The summed E-state index contributed by atoms with van der Waals surface area (Å²) in [5.74, 6) is -1.52. The second-order valence-electron chi connectivity index (χ2n) is 13.2. The van der Waals surface area contributed by atoms with Crippen molar-refractivity contribution in [2.24, 2.45) is 0 Å². The smallest absolute Gasteiger partial charge is 0.362 e. The van der Waals surface area contributed by atoms with E-state index >= 15 is 0 Å². The Hall–Kier alpha value is -2.71. The third kappa shape index (κ3) is 29.2. The van der Waals surface area contributed by atoms with Crippen molar-refractivity contribution in [2.75, 3.05) is 41.0 Å². The predicted octanol–water partition coefficient (Wildman–Crippen LogP) is 8.90. The number of hydrogen-bond donors (Lipinski definition) is 1. The average Bonchev–Trinajstić information content (AvgIpc) is 3.01. The zero-order valence-electron chi connectivity index (χ0n) is 30.5. The van der Waals surface area contributed by atoms with Gasteiger partial charge in [0.1, 0.15) is 6.61 Å². The molecule has 0 aromatic heterocycles. The lowest BCUT2D eigenvalue weighted by Gasteiger charge is -2.31. The maximum absolute atomic E-state index is 12.6. The van der Waals surface area contributed by atoms with Gasteiger partial charge in [0.05, 0.1) is 34.4 Å². The maximum Gasteiger partial charge on any atom is 0.362 e. The molecule has 0 amide bonds. The van der Waals surface area contributed by atoms with Crippen LogP contribution in [0.15, 0.2) is 48.6 Å². The number of rotatable bonds is 31. The molecule has 0 heterocycles. The van der Waals surface area contributed by atoms with Gasteiger partial charge in [0.15, 0.2) is 12.1 Å². The normalized spacial score (nSPS) is 13.6. The van der Waals surface area contributed by atoms with Crippen LogP contribution in [0.1, 0.15) is 129 Å². The molecular formula is C39H68NO7+. The number of unbranched alkanes of at least 4 members (excludes halogenated alkanes) is 11. The highest BCUT2D eigenvalue weighted by Gasteiger charge is 2.31. The van der Waals surface area contributed by atoms with E-state index in [-0.39, 0.29) is 36.2 Å². The highest BCUT2D eigenvalue weighted by molar-refractivity contribution is 5.72. The van der Waals surface area contributed by atoms with E-state index in [2.05, 4.69) is 50.3 Å². The van der Waals surface area contributed by atoms with Crippen molar-refractivity contribution in [3.05, 3.63) is 48.6 Å². The third-order valence-electron chi connectivity index (χ3n) is 7.77. The molecule has 0 aliphatic heterocycles. The Balaban J connectivity index is 4.50. The second kappa shape index (κ2) is 30.6. The summed E-state index contributed by atoms with van der Waals surface area (Å²) in [5.41, 5.74) is 0. The van der Waals surface area contributed by atoms with E-state index in [0.29, 0.717) is 19.3 Å². The first-order valence-electron chi connectivity index (χ1n) is 18.2. The van der Waals surface area contributed by atoms with Gasteiger partial charge in [-0.3, -0.25) is 9.59 Å². The average molecular weight is 663 g/mol. The van der Waals surface area contributed by atoms with Crippen molar-refractivity contribution >= 4 is 17.9 Å². The molecule has 0 bridgehead atoms. The Morgan fingerprint density at radius 1 is 0.660 bits per heavy atom. The number of hydrogen-bond acceptors (Lipinski definition) is 6. The van der Waals surface area contributed by atoms with Gasteiger partial charge < -0.3 is 23.8 Å². The molecule has 0 saturated heterocycles. The summed E-state index contributed by atoms with van der Waals surface area (Å²) >= 11 is 0. The summed E-state index contributed by atoms with van der Waals surface area (Å²) in [6, 6.07) is -0.618. The molecule has 47 heavy (non-hydrogen) atoms. The van der Waals surface area contributed by atoms with Crippen LogP contribution in [-0.2, 0) is 28.6 Å². The topological polar surface area (TPSA) is 99.1 Å². The van der Waals surface area contributed by atoms with Gasteiger partial charge >= 0.3 is 17.9 Å². The fourth-order valence-electron chi connectivity index (χ4n) is 4.89. The van der Waals surface area contributed by atoms with Gasteiger partial charge in [-0.1, -0.05) is 107 Å². The first-order chi connectivity index (χ1) is 22.6. The molecule has 0 spiro atoms. The van der Waals surface area contributed by atoms with E-state index in [1.807, 2.05) is 33.3 Å². The Bertz CT molecular complexity index is 917. The van der Waals surface area contributed by atoms with Crippen molar-refractivity contribution in [1.82, 2.24) is 0 Å². The number of carbonyl (C=O) groups is 3. The van der Waals surface area contributed by atoms with Crippen LogP contribution in [0.3, 0.4) is 0 Å². The van der Waals surface area contributed by atoms with Gasteiger partial charge in [0.2, 0.25) is 0 Å². The zero-order valence-corrected chi connectivity index (χ0v) is 30.5. The quantitative estimate of drug-likeness (QED) is 0.0260. The molecule has 0 aromatic rings. The van der Waals surface area contributed by atoms with Crippen LogP contribution < -0.4 is 0 Å². The van der Waals surface area contributed by atoms with Gasteiger partial charge in [-0.15, -0.1) is 0 Å². The van der Waals surface area contributed by atoms with Crippen LogP contribution in [0, 0.1) is 0 Å². The Morgan fingerprint density at radius 3 is 1.81 bits per heavy atom. The number of quaternary nitrogens is 1. The zero-order chi connectivity index (χ0) is 35.0. The minimum atomic E-state index is -0.884. The van der Waals surface area contributed by atoms with E-state index < -0.39 is 18.1 Å². The fourth-order valence-corrected chi connectivity index (χ4v) is 4.89. The number of likely N-dealkylation sites (N-methyl/N-ethyl adjacent to an activating group) is 1. The number of nitrogens with zero attached hydrogens (tertiary/aromatic N) is 1. The SMILES string of the molecule is CC/C=C/C=C/C=C/CCCCCCCC(=O)OCC(COCCC(C(=O)O)[N+](C)(C)C)OC(=O)CCCCCC/C=C/CCCC. The summed E-state index contributed by atoms with van der Waals surface area (Å²) in [7, 11) is 5.49. The first kappa shape index (κ1) is 44.3. The molecule has 2 atom stereocenters. The van der Waals surface area contributed by atoms with Gasteiger partial charge in [0.25, 0.3) is 0 Å². The summed E-state index contributed by atoms with van der Waals surface area (Å²) < 4.78 is 17.1. The van der Waals surface area contributed by atoms with Gasteiger partial charge in [-0.25, -0.2) is 4.79 Å². The van der Waals surface area contributed by atoms with Gasteiger partial charge in [0, 0.05) is 19.3 Å². The van der Waals surface area contributed by atoms with E-state index in [1.54, 1.807) is 0 Å². The van der Waals surface area contributed by atoms with Crippen LogP contribution in [0.2, 0.25) is 0 Å². The minimum Gasteiger partial charge on any atom is -0.477 e. The van der Waals surface area contributed by atoms with Gasteiger partial charge in [-0.2, -0.15) is 0 Å². The number of carboxylic acid groups (broad SMARTS) is 1.